The highest BCUT2D eigenvalue weighted by Crippen LogP contribution is 2.13. The molecule has 0 aliphatic rings. The maximum Gasteiger partial charge on any atom is 0.219 e. The highest BCUT2D eigenvalue weighted by molar-refractivity contribution is 7.80. The van der Waals surface area contributed by atoms with Gasteiger partial charge in [0.05, 0.1) is 27.2 Å². The predicted molar refractivity (Wildman–Crippen MR) is 156 cm³/mol. The standard InChI is InChI=1S/C30H62N2OS.ClH/c1-4-5-6-7-8-9-10-11-13-16-19-22-27-32(2,3)28-24-26-31-30(33)25-21-18-15-12-14-17-20-23-29-34;/h4-29H2,1-3H3,(H-,31,33,34);1H. The fraction of sp³-hybridized carbons (Fsp3) is 0.967. The van der Waals surface area contributed by atoms with Gasteiger partial charge in [0.2, 0.25) is 5.91 Å². The summed E-state index contributed by atoms with van der Waals surface area (Å²) in [5.41, 5.74) is 0. The minimum absolute atomic E-state index is 0. The van der Waals surface area contributed by atoms with Crippen LogP contribution >= 0.6 is 12.6 Å². The number of rotatable bonds is 27. The summed E-state index contributed by atoms with van der Waals surface area (Å²) >= 11 is 4.26. The zero-order chi connectivity index (χ0) is 25.2. The van der Waals surface area contributed by atoms with Crippen molar-refractivity contribution in [2.24, 2.45) is 0 Å². The molecule has 0 aliphatic heterocycles. The lowest BCUT2D eigenvalue weighted by atomic mass is 10.1. The van der Waals surface area contributed by atoms with Crippen LogP contribution in [0.1, 0.15) is 148 Å². The topological polar surface area (TPSA) is 29.1 Å². The molecular weight excluding hydrogens is 472 g/mol. The Bertz CT molecular complexity index is 435. The predicted octanol–water partition coefficient (Wildman–Crippen LogP) is 5.71. The van der Waals surface area contributed by atoms with Crippen molar-refractivity contribution in [1.82, 2.24) is 5.32 Å². The molecular formula is C30H63ClN2OS. The van der Waals surface area contributed by atoms with Crippen molar-refractivity contribution in [3.63, 3.8) is 0 Å². The fourth-order valence-corrected chi connectivity index (χ4v) is 5.00. The van der Waals surface area contributed by atoms with Crippen molar-refractivity contribution in [3.05, 3.63) is 0 Å². The molecule has 0 aromatic rings. The van der Waals surface area contributed by atoms with Crippen LogP contribution in [-0.2, 0) is 4.79 Å². The zero-order valence-electron chi connectivity index (χ0n) is 24.1. The van der Waals surface area contributed by atoms with Crippen LogP contribution in [0.15, 0.2) is 0 Å². The summed E-state index contributed by atoms with van der Waals surface area (Å²) in [5.74, 6) is 1.27. The van der Waals surface area contributed by atoms with Gasteiger partial charge in [0.15, 0.2) is 0 Å². The second-order valence-electron chi connectivity index (χ2n) is 11.3. The van der Waals surface area contributed by atoms with Gasteiger partial charge in [-0.15, -0.1) is 0 Å². The summed E-state index contributed by atoms with van der Waals surface area (Å²) in [7, 11) is 4.69. The van der Waals surface area contributed by atoms with Crippen molar-refractivity contribution in [1.29, 1.82) is 0 Å². The number of hydrogen-bond acceptors (Lipinski definition) is 2. The molecule has 1 amide bonds. The van der Waals surface area contributed by atoms with E-state index in [-0.39, 0.29) is 18.3 Å². The van der Waals surface area contributed by atoms with Gasteiger partial charge in [0, 0.05) is 19.4 Å². The molecule has 0 bridgehead atoms. The minimum Gasteiger partial charge on any atom is -1.00 e. The summed E-state index contributed by atoms with van der Waals surface area (Å²) in [6, 6.07) is 0. The summed E-state index contributed by atoms with van der Waals surface area (Å²) in [5, 5.41) is 3.14. The molecule has 0 saturated heterocycles. The van der Waals surface area contributed by atoms with E-state index in [1.165, 1.54) is 129 Å². The number of nitrogens with one attached hydrogen (secondary N) is 1. The van der Waals surface area contributed by atoms with Gasteiger partial charge < -0.3 is 22.2 Å². The Kier molecular flexibility index (Phi) is 30.5. The van der Waals surface area contributed by atoms with Crippen molar-refractivity contribution >= 4 is 18.5 Å². The monoisotopic (exact) mass is 534 g/mol. The second kappa shape index (κ2) is 28.6. The lowest BCUT2D eigenvalue weighted by Gasteiger charge is -2.30. The molecule has 0 spiro atoms. The molecule has 0 aromatic carbocycles. The summed E-state index contributed by atoms with van der Waals surface area (Å²) in [4.78, 5) is 12.0. The van der Waals surface area contributed by atoms with E-state index in [0.29, 0.717) is 6.42 Å². The number of carbonyl (C=O) groups excluding carboxylic acids is 1. The second-order valence-corrected chi connectivity index (χ2v) is 11.7. The lowest BCUT2D eigenvalue weighted by Crippen LogP contribution is -3.00. The third kappa shape index (κ3) is 30.2. The molecule has 0 rings (SSSR count). The average molecular weight is 535 g/mol. The summed E-state index contributed by atoms with van der Waals surface area (Å²) in [6.45, 7) is 5.55. The number of thiol groups is 1. The normalized spacial score (nSPS) is 11.4. The third-order valence-electron chi connectivity index (χ3n) is 7.19. The molecule has 1 N–H and O–H groups in total. The maximum absolute atomic E-state index is 12.0. The Morgan fingerprint density at radius 1 is 0.600 bits per heavy atom. The Hall–Kier alpha value is 0.0700. The van der Waals surface area contributed by atoms with Crippen molar-refractivity contribution in [3.8, 4) is 0 Å². The molecule has 212 valence electrons. The molecule has 0 aromatic heterocycles. The largest absolute Gasteiger partial charge is 1.00 e. The molecule has 3 nitrogen and oxygen atoms in total. The number of amides is 1. The Balaban J connectivity index is 0. The maximum atomic E-state index is 12.0. The van der Waals surface area contributed by atoms with E-state index >= 15 is 0 Å². The smallest absolute Gasteiger partial charge is 0.219 e. The number of nitrogens with zero attached hydrogens (tertiary/aromatic N) is 1. The van der Waals surface area contributed by atoms with Gasteiger partial charge in [0.25, 0.3) is 0 Å². The molecule has 0 saturated carbocycles. The molecule has 0 heterocycles. The molecule has 35 heavy (non-hydrogen) atoms. The van der Waals surface area contributed by atoms with Crippen LogP contribution < -0.4 is 17.7 Å². The highest BCUT2D eigenvalue weighted by Gasteiger charge is 2.14. The van der Waals surface area contributed by atoms with E-state index in [2.05, 4.69) is 39.0 Å². The molecule has 0 radical (unpaired) electrons. The van der Waals surface area contributed by atoms with E-state index in [4.69, 9.17) is 0 Å². The molecule has 0 aliphatic carbocycles. The Labute approximate surface area is 232 Å². The summed E-state index contributed by atoms with van der Waals surface area (Å²) in [6.07, 6.45) is 28.8. The highest BCUT2D eigenvalue weighted by atomic mass is 35.5. The third-order valence-corrected chi connectivity index (χ3v) is 7.51. The number of hydrogen-bond donors (Lipinski definition) is 2. The van der Waals surface area contributed by atoms with Crippen LogP contribution in [0, 0.1) is 0 Å². The van der Waals surface area contributed by atoms with Crippen LogP contribution in [0.4, 0.5) is 0 Å². The first-order chi connectivity index (χ1) is 16.5. The number of quaternary nitrogens is 1. The Morgan fingerprint density at radius 2 is 1.00 bits per heavy atom. The molecule has 0 atom stereocenters. The van der Waals surface area contributed by atoms with E-state index in [1.807, 2.05) is 0 Å². The number of carbonyl (C=O) groups is 1. The van der Waals surface area contributed by atoms with Gasteiger partial charge in [-0.2, -0.15) is 12.6 Å². The fourth-order valence-electron chi connectivity index (χ4n) is 4.77. The average Bonchev–Trinajstić information content (AvgIpc) is 2.81. The van der Waals surface area contributed by atoms with Gasteiger partial charge >= 0.3 is 0 Å². The van der Waals surface area contributed by atoms with Gasteiger partial charge in [-0.3, -0.25) is 4.79 Å². The van der Waals surface area contributed by atoms with E-state index in [1.54, 1.807) is 0 Å². The number of halogens is 1. The molecule has 0 fully saturated rings. The van der Waals surface area contributed by atoms with Gasteiger partial charge in [-0.25, -0.2) is 0 Å². The first kappa shape index (κ1) is 37.2. The van der Waals surface area contributed by atoms with E-state index in [9.17, 15) is 4.79 Å². The molecule has 5 heteroatoms. The van der Waals surface area contributed by atoms with Crippen LogP contribution in [0.3, 0.4) is 0 Å². The van der Waals surface area contributed by atoms with E-state index in [0.717, 1.165) is 36.2 Å². The zero-order valence-corrected chi connectivity index (χ0v) is 25.7. The molecule has 0 unspecified atom stereocenters. The van der Waals surface area contributed by atoms with Gasteiger partial charge in [0.1, 0.15) is 0 Å². The lowest BCUT2D eigenvalue weighted by molar-refractivity contribution is -0.890. The van der Waals surface area contributed by atoms with Gasteiger partial charge in [-0.1, -0.05) is 110 Å². The summed E-state index contributed by atoms with van der Waals surface area (Å²) < 4.78 is 1.08. The van der Waals surface area contributed by atoms with E-state index < -0.39 is 0 Å². The van der Waals surface area contributed by atoms with Crippen LogP contribution in [0.25, 0.3) is 0 Å². The quantitative estimate of drug-likeness (QED) is 0.0788. The van der Waals surface area contributed by atoms with Crippen molar-refractivity contribution < 1.29 is 21.7 Å². The van der Waals surface area contributed by atoms with Crippen LogP contribution in [-0.4, -0.2) is 49.9 Å². The number of unbranched alkanes of at least 4 members (excludes halogenated alkanes) is 18. The SMILES string of the molecule is CCCCCCCCCCCCCC[N+](C)(C)CCCNC(=O)CCCCCCCCCCS.[Cl-]. The first-order valence-corrected chi connectivity index (χ1v) is 15.8. The van der Waals surface area contributed by atoms with Crippen LogP contribution in [0.2, 0.25) is 0 Å². The minimum atomic E-state index is 0. The van der Waals surface area contributed by atoms with Crippen LogP contribution in [0.5, 0.6) is 0 Å². The van der Waals surface area contributed by atoms with Gasteiger partial charge in [-0.05, 0) is 31.4 Å². The Morgan fingerprint density at radius 3 is 1.49 bits per heavy atom. The van der Waals surface area contributed by atoms with Crippen molar-refractivity contribution in [2.75, 3.05) is 39.5 Å². The first-order valence-electron chi connectivity index (χ1n) is 15.2. The van der Waals surface area contributed by atoms with Crippen molar-refractivity contribution in [2.45, 2.75) is 148 Å².